The molecular weight excluding hydrogens is 480 g/mol. The average molecular weight is 503 g/mol. The number of halogens is 1. The third kappa shape index (κ3) is 6.08. The molecule has 0 saturated carbocycles. The van der Waals surface area contributed by atoms with Crippen LogP contribution in [0.5, 0.6) is 17.2 Å². The molecule has 8 heteroatoms. The highest BCUT2D eigenvalue weighted by molar-refractivity contribution is 9.10. The lowest BCUT2D eigenvalue weighted by atomic mass is 10.2. The Morgan fingerprint density at radius 2 is 1.97 bits per heavy atom. The number of carbonyl (C=O) groups is 1. The number of hydrogen-bond acceptors (Lipinski definition) is 6. The van der Waals surface area contributed by atoms with Crippen LogP contribution < -0.4 is 19.5 Å². The number of hydrogen-bond donors (Lipinski definition) is 1. The molecule has 0 atom stereocenters. The Kier molecular flexibility index (Phi) is 8.08. The van der Waals surface area contributed by atoms with Crippen molar-refractivity contribution in [2.24, 2.45) is 0 Å². The first-order valence-electron chi connectivity index (χ1n) is 9.63. The number of ether oxygens (including phenoxy) is 3. The van der Waals surface area contributed by atoms with E-state index in [1.165, 1.54) is 17.4 Å². The number of carbonyl (C=O) groups excluding carboxylic acids is 1. The molecule has 0 aliphatic heterocycles. The van der Waals surface area contributed by atoms with Crippen molar-refractivity contribution >= 4 is 44.4 Å². The van der Waals surface area contributed by atoms with Crippen LogP contribution in [0.15, 0.2) is 52.3 Å². The van der Waals surface area contributed by atoms with Crippen LogP contribution in [0.3, 0.4) is 0 Å². The first kappa shape index (κ1) is 22.8. The summed E-state index contributed by atoms with van der Waals surface area (Å²) < 4.78 is 17.0. The van der Waals surface area contributed by atoms with Gasteiger partial charge in [-0.25, -0.2) is 4.98 Å². The van der Waals surface area contributed by atoms with Crippen LogP contribution in [-0.4, -0.2) is 31.7 Å². The minimum atomic E-state index is -0.268. The molecular formula is C23H23BrN2O4S. The molecule has 31 heavy (non-hydrogen) atoms. The average Bonchev–Trinajstić information content (AvgIpc) is 3.24. The Morgan fingerprint density at radius 1 is 1.19 bits per heavy atom. The standard InChI is InChI=1S/C23H23BrN2O4S/c1-4-11-30-17-8-6-16(7-9-17)19-14-31-23(25-19)26-21(27)10-5-15-12-18(24)22(29-3)20(13-15)28-2/h5-10,12-14H,4,11H2,1-3H3,(H,25,26,27). The monoisotopic (exact) mass is 502 g/mol. The normalized spacial score (nSPS) is 10.8. The van der Waals surface area contributed by atoms with Gasteiger partial charge in [0, 0.05) is 17.0 Å². The van der Waals surface area contributed by atoms with Gasteiger partial charge in [0.05, 0.1) is 31.0 Å². The maximum absolute atomic E-state index is 12.3. The van der Waals surface area contributed by atoms with Gasteiger partial charge in [-0.3, -0.25) is 10.1 Å². The molecule has 2 aromatic carbocycles. The van der Waals surface area contributed by atoms with Gasteiger partial charge in [-0.2, -0.15) is 0 Å². The lowest BCUT2D eigenvalue weighted by molar-refractivity contribution is -0.111. The van der Waals surface area contributed by atoms with E-state index in [1.54, 1.807) is 26.4 Å². The van der Waals surface area contributed by atoms with Gasteiger partial charge in [-0.05, 0) is 70.4 Å². The van der Waals surface area contributed by atoms with Crippen LogP contribution in [0.2, 0.25) is 0 Å². The maximum Gasteiger partial charge on any atom is 0.250 e. The molecule has 0 fully saturated rings. The number of nitrogens with one attached hydrogen (secondary N) is 1. The van der Waals surface area contributed by atoms with Gasteiger partial charge in [0.1, 0.15) is 5.75 Å². The SMILES string of the molecule is CCCOc1ccc(-c2csc(NC(=O)C=Cc3cc(Br)c(OC)c(OC)c3)n2)cc1. The number of thiazole rings is 1. The van der Waals surface area contributed by atoms with E-state index in [0.717, 1.165) is 33.5 Å². The molecule has 1 amide bonds. The molecule has 1 aromatic heterocycles. The Morgan fingerprint density at radius 3 is 2.65 bits per heavy atom. The van der Waals surface area contributed by atoms with E-state index in [-0.39, 0.29) is 5.91 Å². The van der Waals surface area contributed by atoms with Crippen LogP contribution in [0.1, 0.15) is 18.9 Å². The maximum atomic E-state index is 12.3. The molecule has 0 aliphatic rings. The summed E-state index contributed by atoms with van der Waals surface area (Å²) in [6.45, 7) is 2.77. The highest BCUT2D eigenvalue weighted by Crippen LogP contribution is 2.36. The number of rotatable bonds is 9. The minimum Gasteiger partial charge on any atom is -0.494 e. The molecule has 1 N–H and O–H groups in total. The van der Waals surface area contributed by atoms with E-state index >= 15 is 0 Å². The second kappa shape index (κ2) is 11.0. The van der Waals surface area contributed by atoms with Crippen LogP contribution in [0.4, 0.5) is 5.13 Å². The molecule has 6 nitrogen and oxygen atoms in total. The van der Waals surface area contributed by atoms with Crippen LogP contribution in [-0.2, 0) is 4.79 Å². The fourth-order valence-corrected chi connectivity index (χ4v) is 4.10. The number of nitrogens with zero attached hydrogens (tertiary/aromatic N) is 1. The minimum absolute atomic E-state index is 0.268. The van der Waals surface area contributed by atoms with E-state index < -0.39 is 0 Å². The van der Waals surface area contributed by atoms with Crippen molar-refractivity contribution in [2.45, 2.75) is 13.3 Å². The molecule has 0 spiro atoms. The van der Waals surface area contributed by atoms with E-state index in [4.69, 9.17) is 14.2 Å². The summed E-state index contributed by atoms with van der Waals surface area (Å²) in [6, 6.07) is 11.4. The molecule has 0 radical (unpaired) electrons. The highest BCUT2D eigenvalue weighted by atomic mass is 79.9. The number of amides is 1. The lowest BCUT2D eigenvalue weighted by Gasteiger charge is -2.10. The molecule has 162 valence electrons. The fourth-order valence-electron chi connectivity index (χ4n) is 2.76. The van der Waals surface area contributed by atoms with Crippen LogP contribution >= 0.6 is 27.3 Å². The summed E-state index contributed by atoms with van der Waals surface area (Å²) in [5.74, 6) is 1.74. The first-order valence-corrected chi connectivity index (χ1v) is 11.3. The van der Waals surface area contributed by atoms with Gasteiger partial charge < -0.3 is 14.2 Å². The zero-order valence-electron chi connectivity index (χ0n) is 17.5. The largest absolute Gasteiger partial charge is 0.494 e. The number of methoxy groups -OCH3 is 2. The molecule has 0 aliphatic carbocycles. The Balaban J connectivity index is 1.64. The number of benzene rings is 2. The Labute approximate surface area is 194 Å². The van der Waals surface area contributed by atoms with Gasteiger partial charge >= 0.3 is 0 Å². The summed E-state index contributed by atoms with van der Waals surface area (Å²) >= 11 is 4.82. The van der Waals surface area contributed by atoms with E-state index in [0.29, 0.717) is 23.2 Å². The molecule has 3 rings (SSSR count). The Hall–Kier alpha value is -2.84. The number of aromatic nitrogens is 1. The van der Waals surface area contributed by atoms with Crippen molar-refractivity contribution < 1.29 is 19.0 Å². The summed E-state index contributed by atoms with van der Waals surface area (Å²) in [5.41, 5.74) is 2.56. The topological polar surface area (TPSA) is 69.7 Å². The second-order valence-electron chi connectivity index (χ2n) is 6.47. The zero-order chi connectivity index (χ0) is 22.2. The van der Waals surface area contributed by atoms with Crippen molar-refractivity contribution in [3.63, 3.8) is 0 Å². The van der Waals surface area contributed by atoms with Crippen molar-refractivity contribution in [1.82, 2.24) is 4.98 Å². The first-order chi connectivity index (χ1) is 15.0. The third-order valence-electron chi connectivity index (χ3n) is 4.24. The van der Waals surface area contributed by atoms with Crippen molar-refractivity contribution in [3.8, 4) is 28.5 Å². The van der Waals surface area contributed by atoms with E-state index in [1.807, 2.05) is 35.7 Å². The number of anilines is 1. The summed E-state index contributed by atoms with van der Waals surface area (Å²) in [6.07, 6.45) is 4.12. The van der Waals surface area contributed by atoms with Gasteiger partial charge in [-0.1, -0.05) is 6.92 Å². The summed E-state index contributed by atoms with van der Waals surface area (Å²) in [5, 5.41) is 5.24. The second-order valence-corrected chi connectivity index (χ2v) is 8.18. The van der Waals surface area contributed by atoms with E-state index in [9.17, 15) is 4.79 Å². The van der Waals surface area contributed by atoms with Crippen molar-refractivity contribution in [1.29, 1.82) is 0 Å². The van der Waals surface area contributed by atoms with Crippen LogP contribution in [0, 0.1) is 0 Å². The van der Waals surface area contributed by atoms with E-state index in [2.05, 4.69) is 33.2 Å². The van der Waals surface area contributed by atoms with Crippen molar-refractivity contribution in [3.05, 3.63) is 57.9 Å². The van der Waals surface area contributed by atoms with Gasteiger partial charge in [-0.15, -0.1) is 11.3 Å². The molecule has 3 aromatic rings. The lowest BCUT2D eigenvalue weighted by Crippen LogP contribution is -2.07. The summed E-state index contributed by atoms with van der Waals surface area (Å²) in [7, 11) is 3.14. The quantitative estimate of drug-likeness (QED) is 0.361. The summed E-state index contributed by atoms with van der Waals surface area (Å²) in [4.78, 5) is 16.8. The van der Waals surface area contributed by atoms with Crippen molar-refractivity contribution in [2.75, 3.05) is 26.1 Å². The van der Waals surface area contributed by atoms with Gasteiger partial charge in [0.2, 0.25) is 5.91 Å². The smallest absolute Gasteiger partial charge is 0.250 e. The molecule has 0 bridgehead atoms. The predicted molar refractivity (Wildman–Crippen MR) is 128 cm³/mol. The van der Waals surface area contributed by atoms with Gasteiger partial charge in [0.25, 0.3) is 0 Å². The van der Waals surface area contributed by atoms with Crippen LogP contribution in [0.25, 0.3) is 17.3 Å². The third-order valence-corrected chi connectivity index (χ3v) is 5.59. The zero-order valence-corrected chi connectivity index (χ0v) is 19.9. The fraction of sp³-hybridized carbons (Fsp3) is 0.217. The Bertz CT molecular complexity index is 1060. The molecule has 0 saturated heterocycles. The molecule has 0 unspecified atom stereocenters. The predicted octanol–water partition coefficient (Wildman–Crippen LogP) is 6.03. The highest BCUT2D eigenvalue weighted by Gasteiger charge is 2.10. The van der Waals surface area contributed by atoms with Gasteiger partial charge in [0.15, 0.2) is 16.6 Å². The molecule has 1 heterocycles.